The van der Waals surface area contributed by atoms with Crippen LogP contribution in [-0.2, 0) is 11.2 Å². The molecule has 4 N–H and O–H groups in total. The van der Waals surface area contributed by atoms with Crippen LogP contribution >= 0.6 is 0 Å². The van der Waals surface area contributed by atoms with Gasteiger partial charge in [-0.05, 0) is 78.4 Å². The van der Waals surface area contributed by atoms with Crippen molar-refractivity contribution in [2.24, 2.45) is 0 Å². The van der Waals surface area contributed by atoms with E-state index in [2.05, 4.69) is 47.1 Å². The number of H-pyrrole nitrogens is 1. The number of fused-ring (bicyclic) bond motifs is 1. The van der Waals surface area contributed by atoms with E-state index in [-0.39, 0.29) is 18.4 Å². The van der Waals surface area contributed by atoms with Crippen molar-refractivity contribution in [1.82, 2.24) is 25.5 Å². The average molecular weight is 625 g/mol. The molecule has 0 spiro atoms. The number of hydrogen-bond donors (Lipinski definition) is 4. The molecule has 1 amide bonds. The van der Waals surface area contributed by atoms with Crippen LogP contribution in [-0.4, -0.2) is 71.5 Å². The number of amides is 1. The number of aromatic nitrogens is 4. The summed E-state index contributed by atoms with van der Waals surface area (Å²) < 4.78 is 33.7. The number of aromatic amines is 1. The molecule has 2 aliphatic rings. The maximum Gasteiger partial charge on any atom is 0.258 e. The van der Waals surface area contributed by atoms with Crippen LogP contribution in [0.2, 0.25) is 0 Å². The van der Waals surface area contributed by atoms with Crippen LogP contribution in [0.4, 0.5) is 26.0 Å². The molecule has 2 fully saturated rings. The van der Waals surface area contributed by atoms with E-state index < -0.39 is 11.6 Å². The highest BCUT2D eigenvalue weighted by Crippen LogP contribution is 2.33. The Kier molecular flexibility index (Phi) is 8.53. The Balaban J connectivity index is 1.22. The Morgan fingerprint density at radius 2 is 1.74 bits per heavy atom. The van der Waals surface area contributed by atoms with Crippen molar-refractivity contribution in [3.8, 4) is 11.1 Å². The first-order chi connectivity index (χ1) is 22.5. The summed E-state index contributed by atoms with van der Waals surface area (Å²) in [5, 5.41) is 18.2. The standard InChI is InChI=1S/C34H34F2N8O2/c35-24-12-21(13-25(36)15-24)11-22-14-30-32(17-29(22)23-18-38-20-39-19-23)42-43-33(30)41-34(45)28-2-1-27(44-7-5-37-6-8-44)16-31(28)40-26-3-9-46-10-4-26/h1-2,12-20,26,37,40H,3-11H2,(H2,41,42,43,45). The van der Waals surface area contributed by atoms with Gasteiger partial charge in [-0.2, -0.15) is 5.10 Å². The van der Waals surface area contributed by atoms with E-state index in [1.165, 1.54) is 18.5 Å². The van der Waals surface area contributed by atoms with E-state index >= 15 is 0 Å². The van der Waals surface area contributed by atoms with Gasteiger partial charge in [0.2, 0.25) is 0 Å². The SMILES string of the molecule is O=C(Nc1n[nH]c2cc(-c3cncnc3)c(Cc3cc(F)cc(F)c3)cc12)c1ccc(N2CCNCC2)cc1NC1CCOCC1. The summed E-state index contributed by atoms with van der Waals surface area (Å²) >= 11 is 0. The fourth-order valence-corrected chi connectivity index (χ4v) is 6.20. The third kappa shape index (κ3) is 6.53. The van der Waals surface area contributed by atoms with Crippen LogP contribution in [0.25, 0.3) is 22.0 Å². The lowest BCUT2D eigenvalue weighted by Crippen LogP contribution is -2.43. The fourth-order valence-electron chi connectivity index (χ4n) is 6.20. The molecule has 0 saturated carbocycles. The normalized spacial score (nSPS) is 15.7. The van der Waals surface area contributed by atoms with Crippen LogP contribution in [0.1, 0.15) is 34.3 Å². The van der Waals surface area contributed by atoms with Crippen molar-refractivity contribution in [1.29, 1.82) is 0 Å². The van der Waals surface area contributed by atoms with Gasteiger partial charge in [-0.15, -0.1) is 0 Å². The second-order valence-electron chi connectivity index (χ2n) is 11.7. The van der Waals surface area contributed by atoms with E-state index in [9.17, 15) is 13.6 Å². The predicted octanol–water partition coefficient (Wildman–Crippen LogP) is 5.14. The van der Waals surface area contributed by atoms with Crippen molar-refractivity contribution in [3.05, 3.63) is 95.6 Å². The lowest BCUT2D eigenvalue weighted by Gasteiger charge is -2.31. The monoisotopic (exact) mass is 624 g/mol. The molecule has 10 nitrogen and oxygen atoms in total. The molecule has 4 heterocycles. The number of anilines is 3. The predicted molar refractivity (Wildman–Crippen MR) is 173 cm³/mol. The van der Waals surface area contributed by atoms with Gasteiger partial charge in [0.15, 0.2) is 5.82 Å². The number of nitrogens with zero attached hydrogens (tertiary/aromatic N) is 4. The van der Waals surface area contributed by atoms with Crippen molar-refractivity contribution in [2.75, 3.05) is 54.9 Å². The first-order valence-corrected chi connectivity index (χ1v) is 15.5. The van der Waals surface area contributed by atoms with E-state index in [1.807, 2.05) is 24.3 Å². The molecule has 46 heavy (non-hydrogen) atoms. The molecular formula is C34H34F2N8O2. The molecule has 0 atom stereocenters. The minimum absolute atomic E-state index is 0.195. The van der Waals surface area contributed by atoms with Crippen molar-refractivity contribution < 1.29 is 18.3 Å². The van der Waals surface area contributed by atoms with Crippen molar-refractivity contribution in [3.63, 3.8) is 0 Å². The van der Waals surface area contributed by atoms with Gasteiger partial charge >= 0.3 is 0 Å². The number of halogens is 2. The highest BCUT2D eigenvalue weighted by Gasteiger charge is 2.22. The van der Waals surface area contributed by atoms with Crippen LogP contribution in [0.3, 0.4) is 0 Å². The molecule has 0 radical (unpaired) electrons. The second kappa shape index (κ2) is 13.2. The highest BCUT2D eigenvalue weighted by atomic mass is 19.1. The summed E-state index contributed by atoms with van der Waals surface area (Å²) in [4.78, 5) is 24.5. The smallest absolute Gasteiger partial charge is 0.258 e. The molecule has 0 aliphatic carbocycles. The first-order valence-electron chi connectivity index (χ1n) is 15.5. The van der Waals surface area contributed by atoms with Gasteiger partial charge in [-0.1, -0.05) is 0 Å². The summed E-state index contributed by atoms with van der Waals surface area (Å²) in [6, 6.07) is 13.4. The molecule has 236 valence electrons. The van der Waals surface area contributed by atoms with Gasteiger partial charge in [0.25, 0.3) is 5.91 Å². The van der Waals surface area contributed by atoms with Gasteiger partial charge < -0.3 is 25.6 Å². The number of piperazine rings is 1. The van der Waals surface area contributed by atoms with E-state index in [0.29, 0.717) is 41.1 Å². The third-order valence-electron chi connectivity index (χ3n) is 8.52. The zero-order chi connectivity index (χ0) is 31.5. The number of hydrogen-bond acceptors (Lipinski definition) is 8. The topological polar surface area (TPSA) is 120 Å². The molecule has 2 saturated heterocycles. The van der Waals surface area contributed by atoms with E-state index in [1.54, 1.807) is 12.4 Å². The number of rotatable bonds is 8. The summed E-state index contributed by atoms with van der Waals surface area (Å²) in [5.41, 5.74) is 5.78. The minimum atomic E-state index is -0.648. The summed E-state index contributed by atoms with van der Waals surface area (Å²) in [7, 11) is 0. The van der Waals surface area contributed by atoms with Gasteiger partial charge in [0, 0.05) is 86.2 Å². The Morgan fingerprint density at radius 3 is 2.50 bits per heavy atom. The highest BCUT2D eigenvalue weighted by molar-refractivity contribution is 6.11. The number of carbonyl (C=O) groups excluding carboxylic acids is 1. The van der Waals surface area contributed by atoms with Crippen molar-refractivity contribution in [2.45, 2.75) is 25.3 Å². The number of nitrogens with one attached hydrogen (secondary N) is 4. The third-order valence-corrected chi connectivity index (χ3v) is 8.52. The van der Waals surface area contributed by atoms with Crippen LogP contribution in [0, 0.1) is 11.6 Å². The quantitative estimate of drug-likeness (QED) is 0.187. The van der Waals surface area contributed by atoms with Crippen LogP contribution in [0.5, 0.6) is 0 Å². The molecule has 3 aromatic carbocycles. The summed E-state index contributed by atoms with van der Waals surface area (Å²) in [6.45, 7) is 4.96. The molecule has 5 aromatic rings. The summed E-state index contributed by atoms with van der Waals surface area (Å²) in [5.74, 6) is -1.25. The van der Waals surface area contributed by atoms with Gasteiger partial charge in [0.1, 0.15) is 18.0 Å². The van der Waals surface area contributed by atoms with Crippen LogP contribution in [0.15, 0.2) is 67.3 Å². The Bertz CT molecular complexity index is 1830. The van der Waals surface area contributed by atoms with Gasteiger partial charge in [-0.25, -0.2) is 18.7 Å². The van der Waals surface area contributed by atoms with E-state index in [0.717, 1.165) is 73.2 Å². The summed E-state index contributed by atoms with van der Waals surface area (Å²) in [6.07, 6.45) is 6.75. The van der Waals surface area contributed by atoms with Gasteiger partial charge in [0.05, 0.1) is 11.1 Å². The Morgan fingerprint density at radius 1 is 0.978 bits per heavy atom. The number of carbonyl (C=O) groups is 1. The average Bonchev–Trinajstić information content (AvgIpc) is 3.46. The van der Waals surface area contributed by atoms with Crippen LogP contribution < -0.4 is 20.9 Å². The lowest BCUT2D eigenvalue weighted by atomic mass is 9.94. The maximum absolute atomic E-state index is 14.1. The Hall–Kier alpha value is -4.94. The number of benzene rings is 3. The number of ether oxygens (including phenoxy) is 1. The maximum atomic E-state index is 14.1. The van der Waals surface area contributed by atoms with Crippen molar-refractivity contribution >= 4 is 34.0 Å². The lowest BCUT2D eigenvalue weighted by molar-refractivity contribution is 0.0904. The second-order valence-corrected chi connectivity index (χ2v) is 11.7. The zero-order valence-corrected chi connectivity index (χ0v) is 25.2. The molecule has 2 aliphatic heterocycles. The Labute approximate surface area is 264 Å². The zero-order valence-electron chi connectivity index (χ0n) is 25.2. The van der Waals surface area contributed by atoms with Gasteiger partial charge in [-0.3, -0.25) is 9.89 Å². The van der Waals surface area contributed by atoms with E-state index in [4.69, 9.17) is 4.74 Å². The molecule has 12 heteroatoms. The largest absolute Gasteiger partial charge is 0.381 e. The molecule has 0 bridgehead atoms. The first kappa shape index (κ1) is 29.8. The molecule has 7 rings (SSSR count). The molecule has 2 aromatic heterocycles. The minimum Gasteiger partial charge on any atom is -0.381 e. The molecular weight excluding hydrogens is 590 g/mol. The fraction of sp³-hybridized carbons (Fsp3) is 0.294. The molecule has 0 unspecified atom stereocenters.